The van der Waals surface area contributed by atoms with E-state index >= 15 is 0 Å². The monoisotopic (exact) mass is 402 g/mol. The standard InChI is InChI=1S/C15H15ClN2O5S2/c1-11(19)17-25(22,23)14-8-6-13(7-9-14)18-24(20,21)10-12-4-2-3-5-15(12)16/h2-9,18H,10H2,1H3,(H,17,19). The molecule has 0 aliphatic rings. The average molecular weight is 403 g/mol. The maximum absolute atomic E-state index is 12.2. The lowest BCUT2D eigenvalue weighted by molar-refractivity contribution is -0.117. The van der Waals surface area contributed by atoms with Crippen molar-refractivity contribution in [1.29, 1.82) is 0 Å². The first-order valence-electron chi connectivity index (χ1n) is 6.96. The third-order valence-electron chi connectivity index (χ3n) is 3.02. The molecule has 0 fully saturated rings. The molecule has 2 aromatic carbocycles. The SMILES string of the molecule is CC(=O)NS(=O)(=O)c1ccc(NS(=O)(=O)Cc2ccccc2Cl)cc1. The van der Waals surface area contributed by atoms with Gasteiger partial charge in [0, 0.05) is 17.6 Å². The molecule has 2 N–H and O–H groups in total. The lowest BCUT2D eigenvalue weighted by Gasteiger charge is -2.10. The molecule has 0 aliphatic carbocycles. The molecule has 134 valence electrons. The van der Waals surface area contributed by atoms with Crippen LogP contribution < -0.4 is 9.44 Å². The summed E-state index contributed by atoms with van der Waals surface area (Å²) in [6.45, 7) is 1.08. The van der Waals surface area contributed by atoms with Crippen LogP contribution in [0.5, 0.6) is 0 Å². The van der Waals surface area contributed by atoms with Crippen molar-refractivity contribution < 1.29 is 21.6 Å². The minimum absolute atomic E-state index is 0.156. The number of amides is 1. The van der Waals surface area contributed by atoms with Crippen molar-refractivity contribution in [3.63, 3.8) is 0 Å². The molecule has 0 heterocycles. The molecule has 25 heavy (non-hydrogen) atoms. The fourth-order valence-electron chi connectivity index (χ4n) is 1.99. The van der Waals surface area contributed by atoms with E-state index < -0.39 is 26.0 Å². The third-order valence-corrected chi connectivity index (χ3v) is 6.07. The first-order chi connectivity index (χ1) is 11.6. The van der Waals surface area contributed by atoms with Crippen molar-refractivity contribution in [2.45, 2.75) is 17.6 Å². The third kappa shape index (κ3) is 5.45. The first-order valence-corrected chi connectivity index (χ1v) is 10.5. The maximum atomic E-state index is 12.2. The van der Waals surface area contributed by atoms with Gasteiger partial charge in [0.25, 0.3) is 10.0 Å². The van der Waals surface area contributed by atoms with Crippen LogP contribution in [0.25, 0.3) is 0 Å². The molecular weight excluding hydrogens is 388 g/mol. The first kappa shape index (κ1) is 19.2. The molecular formula is C15H15ClN2O5S2. The van der Waals surface area contributed by atoms with Crippen LogP contribution in [0.1, 0.15) is 12.5 Å². The normalized spacial score (nSPS) is 11.8. The van der Waals surface area contributed by atoms with Crippen molar-refractivity contribution >= 4 is 43.2 Å². The summed E-state index contributed by atoms with van der Waals surface area (Å²) in [4.78, 5) is 10.7. The zero-order chi connectivity index (χ0) is 18.7. The Morgan fingerprint density at radius 1 is 1.00 bits per heavy atom. The van der Waals surface area contributed by atoms with Crippen LogP contribution in [0.3, 0.4) is 0 Å². The molecule has 0 aromatic heterocycles. The molecule has 0 saturated carbocycles. The Balaban J connectivity index is 2.15. The van der Waals surface area contributed by atoms with Crippen molar-refractivity contribution in [1.82, 2.24) is 4.72 Å². The number of nitrogens with one attached hydrogen (secondary N) is 2. The Kier molecular flexibility index (Phi) is 5.71. The second kappa shape index (κ2) is 7.42. The van der Waals surface area contributed by atoms with Gasteiger partial charge in [0.1, 0.15) is 0 Å². The molecule has 0 aliphatic heterocycles. The van der Waals surface area contributed by atoms with Gasteiger partial charge in [-0.15, -0.1) is 0 Å². The van der Waals surface area contributed by atoms with E-state index in [1.807, 2.05) is 4.72 Å². The van der Waals surface area contributed by atoms with E-state index in [9.17, 15) is 21.6 Å². The number of hydrogen-bond donors (Lipinski definition) is 2. The quantitative estimate of drug-likeness (QED) is 0.768. The van der Waals surface area contributed by atoms with Crippen LogP contribution in [-0.2, 0) is 30.6 Å². The van der Waals surface area contributed by atoms with Gasteiger partial charge >= 0.3 is 0 Å². The summed E-state index contributed by atoms with van der Waals surface area (Å²) in [7, 11) is -7.70. The molecule has 2 aromatic rings. The average Bonchev–Trinajstić information content (AvgIpc) is 2.48. The highest BCUT2D eigenvalue weighted by Gasteiger charge is 2.17. The number of hydrogen-bond acceptors (Lipinski definition) is 5. The Morgan fingerprint density at radius 2 is 1.60 bits per heavy atom. The van der Waals surface area contributed by atoms with E-state index in [1.165, 1.54) is 24.3 Å². The predicted octanol–water partition coefficient (Wildman–Crippen LogP) is 2.11. The Labute approximate surface area is 151 Å². The van der Waals surface area contributed by atoms with Crippen LogP contribution in [-0.4, -0.2) is 22.7 Å². The molecule has 1 amide bonds. The van der Waals surface area contributed by atoms with E-state index in [4.69, 9.17) is 11.6 Å². The maximum Gasteiger partial charge on any atom is 0.264 e. The number of rotatable bonds is 6. The van der Waals surface area contributed by atoms with Crippen molar-refractivity contribution in [3.8, 4) is 0 Å². The summed E-state index contributed by atoms with van der Waals surface area (Å²) in [6.07, 6.45) is 0. The number of anilines is 1. The lowest BCUT2D eigenvalue weighted by atomic mass is 10.2. The topological polar surface area (TPSA) is 109 Å². The molecule has 0 bridgehead atoms. The van der Waals surface area contributed by atoms with Gasteiger partial charge in [0.05, 0.1) is 10.6 Å². The van der Waals surface area contributed by atoms with Gasteiger partial charge in [0.2, 0.25) is 15.9 Å². The zero-order valence-electron chi connectivity index (χ0n) is 13.1. The molecule has 0 unspecified atom stereocenters. The summed E-state index contributed by atoms with van der Waals surface area (Å²) in [5.41, 5.74) is 0.635. The number of halogens is 1. The highest BCUT2D eigenvalue weighted by Crippen LogP contribution is 2.20. The number of carbonyl (C=O) groups excluding carboxylic acids is 1. The molecule has 0 radical (unpaired) electrons. The van der Waals surface area contributed by atoms with Crippen LogP contribution in [0.2, 0.25) is 5.02 Å². The molecule has 2 rings (SSSR count). The summed E-state index contributed by atoms with van der Waals surface area (Å²) < 4.78 is 52.2. The number of sulfonamides is 2. The molecule has 0 saturated heterocycles. The van der Waals surface area contributed by atoms with E-state index in [0.717, 1.165) is 6.92 Å². The summed E-state index contributed by atoms with van der Waals surface area (Å²) in [5.74, 6) is -1.04. The van der Waals surface area contributed by atoms with Crippen molar-refractivity contribution in [3.05, 3.63) is 59.1 Å². The van der Waals surface area contributed by atoms with Crippen LogP contribution in [0.15, 0.2) is 53.4 Å². The Morgan fingerprint density at radius 3 is 2.16 bits per heavy atom. The van der Waals surface area contributed by atoms with Gasteiger partial charge in [0.15, 0.2) is 0 Å². The highest BCUT2D eigenvalue weighted by molar-refractivity contribution is 7.92. The van der Waals surface area contributed by atoms with Crippen LogP contribution in [0, 0.1) is 0 Å². The van der Waals surface area contributed by atoms with Gasteiger partial charge in [-0.05, 0) is 35.9 Å². The van der Waals surface area contributed by atoms with Crippen LogP contribution in [0.4, 0.5) is 5.69 Å². The summed E-state index contributed by atoms with van der Waals surface area (Å²) in [6, 6.07) is 11.5. The minimum Gasteiger partial charge on any atom is -0.283 e. The van der Waals surface area contributed by atoms with E-state index in [0.29, 0.717) is 10.6 Å². The smallest absolute Gasteiger partial charge is 0.264 e. The zero-order valence-corrected chi connectivity index (χ0v) is 15.5. The molecule has 0 spiro atoms. The van der Waals surface area contributed by atoms with Crippen LogP contribution >= 0.6 is 11.6 Å². The highest BCUT2D eigenvalue weighted by atomic mass is 35.5. The fraction of sp³-hybridized carbons (Fsp3) is 0.133. The number of benzene rings is 2. The lowest BCUT2D eigenvalue weighted by Crippen LogP contribution is -2.28. The fourth-order valence-corrected chi connectivity index (χ4v) is 4.49. The van der Waals surface area contributed by atoms with Gasteiger partial charge in [-0.2, -0.15) is 0 Å². The minimum atomic E-state index is -3.97. The van der Waals surface area contributed by atoms with Gasteiger partial charge in [-0.1, -0.05) is 29.8 Å². The van der Waals surface area contributed by atoms with Gasteiger partial charge < -0.3 is 0 Å². The Hall–Kier alpha value is -2.10. The molecule has 0 atom stereocenters. The molecule has 10 heteroatoms. The largest absolute Gasteiger partial charge is 0.283 e. The summed E-state index contributed by atoms with van der Waals surface area (Å²) >= 11 is 5.95. The van der Waals surface area contributed by atoms with E-state index in [1.54, 1.807) is 24.3 Å². The second-order valence-corrected chi connectivity index (χ2v) is 8.95. The van der Waals surface area contributed by atoms with Crippen molar-refractivity contribution in [2.75, 3.05) is 4.72 Å². The predicted molar refractivity (Wildman–Crippen MR) is 95.1 cm³/mol. The summed E-state index contributed by atoms with van der Waals surface area (Å²) in [5, 5.41) is 0.338. The second-order valence-electron chi connectivity index (χ2n) is 5.14. The number of carbonyl (C=O) groups is 1. The van der Waals surface area contributed by atoms with Crippen molar-refractivity contribution in [2.24, 2.45) is 0 Å². The van der Waals surface area contributed by atoms with E-state index in [-0.39, 0.29) is 16.3 Å². The van der Waals surface area contributed by atoms with Gasteiger partial charge in [-0.3, -0.25) is 9.52 Å². The van der Waals surface area contributed by atoms with Gasteiger partial charge in [-0.25, -0.2) is 21.6 Å². The Bertz CT molecular complexity index is 987. The molecule has 7 nitrogen and oxygen atoms in total. The van der Waals surface area contributed by atoms with E-state index in [2.05, 4.69) is 4.72 Å².